The molecule has 0 unspecified atom stereocenters. The molecule has 2 aromatic carbocycles. The van der Waals surface area contributed by atoms with Gasteiger partial charge in [0.25, 0.3) is 0 Å². The molecule has 1 aliphatic carbocycles. The number of hydrogen-bond donors (Lipinski definition) is 1. The largest absolute Gasteiger partial charge is 0.439 e. The molecule has 3 aromatic rings. The average Bonchev–Trinajstić information content (AvgIpc) is 3.54. The number of rotatable bonds is 8. The molecule has 0 amide bonds. The summed E-state index contributed by atoms with van der Waals surface area (Å²) in [5, 5.41) is 4.59. The van der Waals surface area contributed by atoms with Crippen LogP contribution in [0.1, 0.15) is 30.9 Å². The lowest BCUT2D eigenvalue weighted by Gasteiger charge is -2.47. The first-order chi connectivity index (χ1) is 16.7. The first-order valence-electron chi connectivity index (χ1n) is 11.3. The molecule has 0 N–H and O–H groups in total. The number of alkyl halides is 3. The second kappa shape index (κ2) is 8.96. The van der Waals surface area contributed by atoms with Gasteiger partial charge < -0.3 is 9.47 Å². The summed E-state index contributed by atoms with van der Waals surface area (Å²) in [4.78, 5) is 0. The Labute approximate surface area is 202 Å². The molecule has 7 nitrogen and oxygen atoms in total. The fourth-order valence-electron chi connectivity index (χ4n) is 4.33. The van der Waals surface area contributed by atoms with Gasteiger partial charge in [0.2, 0.25) is 16.8 Å². The molecular formula is C24H24F3N3O4S. The van der Waals surface area contributed by atoms with Crippen molar-refractivity contribution in [2.24, 2.45) is 0 Å². The van der Waals surface area contributed by atoms with Crippen molar-refractivity contribution in [3.63, 3.8) is 0 Å². The Morgan fingerprint density at radius 1 is 1.14 bits per heavy atom. The Balaban J connectivity index is 1.44. The minimum Gasteiger partial charge on any atom is -0.439 e. The van der Waals surface area contributed by atoms with Crippen molar-refractivity contribution in [2.75, 3.05) is 13.2 Å². The number of halogens is 3. The predicted octanol–water partition coefficient (Wildman–Crippen LogP) is 4.60. The van der Waals surface area contributed by atoms with Crippen molar-refractivity contribution in [1.82, 2.24) is 14.1 Å². The van der Waals surface area contributed by atoms with Crippen molar-refractivity contribution in [3.05, 3.63) is 65.7 Å². The molecule has 1 saturated heterocycles. The van der Waals surface area contributed by atoms with Gasteiger partial charge in [-0.25, -0.2) is 13.1 Å². The van der Waals surface area contributed by atoms with E-state index in [1.165, 1.54) is 12.1 Å². The monoisotopic (exact) mass is 507 g/mol. The van der Waals surface area contributed by atoms with Gasteiger partial charge in [-0.2, -0.15) is 22.6 Å². The molecule has 0 bridgehead atoms. The van der Waals surface area contributed by atoms with E-state index >= 15 is 0 Å². The zero-order chi connectivity index (χ0) is 24.8. The van der Waals surface area contributed by atoms with Crippen LogP contribution in [0.2, 0.25) is 0 Å². The van der Waals surface area contributed by atoms with E-state index in [1.807, 2.05) is 31.2 Å². The number of nitrogens with zero attached hydrogens (tertiary/aromatic N) is 3. The van der Waals surface area contributed by atoms with E-state index in [2.05, 4.69) is 5.10 Å². The highest BCUT2D eigenvalue weighted by molar-refractivity contribution is 7.69. The standard InChI is InChI=1S/C24H24F3N3O4S/c1-2-29-22(34-20-10-6-17(7-11-20)24(25,26)27)13-21(28-29)16-4-3-5-18(12-16)23(14-33-15-23)30(35(31)32)19-8-9-19/h3-7,10-13,19,35H,2,8-9,14-15H2,1H3. The molecule has 186 valence electrons. The highest BCUT2D eigenvalue weighted by atomic mass is 32.2. The summed E-state index contributed by atoms with van der Waals surface area (Å²) in [5.41, 5.74) is 0.744. The van der Waals surface area contributed by atoms with Gasteiger partial charge in [-0.1, -0.05) is 18.2 Å². The van der Waals surface area contributed by atoms with Gasteiger partial charge in [0, 0.05) is 24.2 Å². The number of thiol groups is 1. The lowest BCUT2D eigenvalue weighted by molar-refractivity contribution is -0.137. The third-order valence-electron chi connectivity index (χ3n) is 6.33. The molecular weight excluding hydrogens is 483 g/mol. The van der Waals surface area contributed by atoms with Crippen molar-refractivity contribution >= 4 is 10.9 Å². The van der Waals surface area contributed by atoms with Gasteiger partial charge in [-0.3, -0.25) is 0 Å². The number of ether oxygens (including phenoxy) is 2. The Hall–Kier alpha value is -2.89. The molecule has 5 rings (SSSR count). The summed E-state index contributed by atoms with van der Waals surface area (Å²) in [6.45, 7) is 2.95. The van der Waals surface area contributed by atoms with Crippen LogP contribution in [0.15, 0.2) is 54.6 Å². The normalized spacial score (nSPS) is 17.5. The van der Waals surface area contributed by atoms with Crippen molar-refractivity contribution < 1.29 is 31.1 Å². The Morgan fingerprint density at radius 2 is 1.86 bits per heavy atom. The summed E-state index contributed by atoms with van der Waals surface area (Å²) in [6.07, 6.45) is -2.73. The van der Waals surface area contributed by atoms with Crippen molar-refractivity contribution in [2.45, 2.75) is 44.1 Å². The van der Waals surface area contributed by atoms with Gasteiger partial charge >= 0.3 is 6.18 Å². The van der Waals surface area contributed by atoms with E-state index in [9.17, 15) is 21.6 Å². The summed E-state index contributed by atoms with van der Waals surface area (Å²) >= 11 is 0. The maximum atomic E-state index is 12.8. The van der Waals surface area contributed by atoms with Crippen LogP contribution in [-0.2, 0) is 33.9 Å². The highest BCUT2D eigenvalue weighted by Gasteiger charge is 2.52. The first kappa shape index (κ1) is 23.8. The van der Waals surface area contributed by atoms with Crippen LogP contribution in [0, 0.1) is 0 Å². The SMILES string of the molecule is CCn1nc(-c2cccc(C3(N(C4CC4)[SH](=O)=O)COC3)c2)cc1Oc1ccc(C(F)(F)F)cc1. The molecule has 0 spiro atoms. The summed E-state index contributed by atoms with van der Waals surface area (Å²) in [5.74, 6) is 0.648. The topological polar surface area (TPSA) is 73.7 Å². The summed E-state index contributed by atoms with van der Waals surface area (Å²) in [7, 11) is -2.77. The molecule has 2 heterocycles. The maximum absolute atomic E-state index is 12.8. The molecule has 2 aliphatic rings. The van der Waals surface area contributed by atoms with Crippen LogP contribution >= 0.6 is 0 Å². The number of benzene rings is 2. The van der Waals surface area contributed by atoms with E-state index < -0.39 is 28.2 Å². The lowest BCUT2D eigenvalue weighted by Crippen LogP contribution is -2.59. The summed E-state index contributed by atoms with van der Waals surface area (Å²) in [6, 6.07) is 13.8. The first-order valence-corrected chi connectivity index (χ1v) is 12.4. The molecule has 35 heavy (non-hydrogen) atoms. The second-order valence-electron chi connectivity index (χ2n) is 8.73. The summed E-state index contributed by atoms with van der Waals surface area (Å²) < 4.78 is 77.2. The van der Waals surface area contributed by atoms with Gasteiger partial charge in [-0.05, 0) is 55.7 Å². The van der Waals surface area contributed by atoms with Crippen LogP contribution in [-0.4, -0.2) is 41.8 Å². The van der Waals surface area contributed by atoms with E-state index in [-0.39, 0.29) is 11.8 Å². The fraction of sp³-hybridized carbons (Fsp3) is 0.375. The van der Waals surface area contributed by atoms with Crippen molar-refractivity contribution in [1.29, 1.82) is 0 Å². The Kier molecular flexibility index (Phi) is 6.10. The van der Waals surface area contributed by atoms with Crippen LogP contribution < -0.4 is 4.74 Å². The molecule has 2 fully saturated rings. The number of aromatic nitrogens is 2. The predicted molar refractivity (Wildman–Crippen MR) is 123 cm³/mol. The third kappa shape index (κ3) is 4.55. The number of aryl methyl sites for hydroxylation is 1. The Morgan fingerprint density at radius 3 is 2.40 bits per heavy atom. The smallest absolute Gasteiger partial charge is 0.416 e. The van der Waals surface area contributed by atoms with Crippen LogP contribution in [0.4, 0.5) is 13.2 Å². The van der Waals surface area contributed by atoms with Crippen LogP contribution in [0.5, 0.6) is 11.6 Å². The minimum atomic E-state index is -4.42. The minimum absolute atomic E-state index is 0.00621. The zero-order valence-corrected chi connectivity index (χ0v) is 19.8. The third-order valence-corrected chi connectivity index (χ3v) is 7.39. The zero-order valence-electron chi connectivity index (χ0n) is 18.9. The molecule has 1 saturated carbocycles. The number of hydrogen-bond acceptors (Lipinski definition) is 5. The quantitative estimate of drug-likeness (QED) is 0.452. The molecule has 1 aliphatic heterocycles. The molecule has 11 heteroatoms. The average molecular weight is 508 g/mol. The van der Waals surface area contributed by atoms with Gasteiger partial charge in [0.1, 0.15) is 11.3 Å². The van der Waals surface area contributed by atoms with E-state index in [1.54, 1.807) is 15.1 Å². The highest BCUT2D eigenvalue weighted by Crippen LogP contribution is 2.44. The van der Waals surface area contributed by atoms with E-state index in [0.717, 1.165) is 36.1 Å². The van der Waals surface area contributed by atoms with Crippen LogP contribution in [0.25, 0.3) is 11.3 Å². The lowest BCUT2D eigenvalue weighted by atomic mass is 9.86. The second-order valence-corrected chi connectivity index (χ2v) is 9.63. The van der Waals surface area contributed by atoms with Crippen LogP contribution in [0.3, 0.4) is 0 Å². The van der Waals surface area contributed by atoms with Gasteiger partial charge in [0.05, 0.1) is 24.5 Å². The van der Waals surface area contributed by atoms with E-state index in [4.69, 9.17) is 9.47 Å². The van der Waals surface area contributed by atoms with Gasteiger partial charge in [-0.15, -0.1) is 0 Å². The van der Waals surface area contributed by atoms with E-state index in [0.29, 0.717) is 31.3 Å². The maximum Gasteiger partial charge on any atom is 0.416 e. The fourth-order valence-corrected chi connectivity index (χ4v) is 5.38. The molecule has 1 aromatic heterocycles. The molecule has 0 radical (unpaired) electrons. The Bertz CT molecular complexity index is 1290. The van der Waals surface area contributed by atoms with Gasteiger partial charge in [0.15, 0.2) is 0 Å². The van der Waals surface area contributed by atoms with Crippen molar-refractivity contribution in [3.8, 4) is 22.9 Å². The molecule has 0 atom stereocenters.